The minimum atomic E-state index is -0.518. The predicted molar refractivity (Wildman–Crippen MR) is 141 cm³/mol. The molecule has 6 heterocycles. The second-order valence-corrected chi connectivity index (χ2v) is 10.2. The Morgan fingerprint density at radius 3 is 2.76 bits per heavy atom. The van der Waals surface area contributed by atoms with E-state index in [1.807, 2.05) is 25.1 Å². The van der Waals surface area contributed by atoms with Gasteiger partial charge in [0.15, 0.2) is 11.5 Å². The summed E-state index contributed by atoms with van der Waals surface area (Å²) in [6, 6.07) is 7.55. The molecule has 6 aromatic heterocycles. The lowest BCUT2D eigenvalue weighted by Gasteiger charge is -2.09. The van der Waals surface area contributed by atoms with Crippen molar-refractivity contribution in [2.24, 2.45) is 5.92 Å². The number of nitrogens with one attached hydrogen (secondary N) is 3. The maximum atomic E-state index is 16.0. The van der Waals surface area contributed by atoms with Gasteiger partial charge in [-0.25, -0.2) is 14.4 Å². The molecular weight excluding hydrogens is 491 g/mol. The summed E-state index contributed by atoms with van der Waals surface area (Å²) in [5.74, 6) is -0.467. The van der Waals surface area contributed by atoms with Crippen molar-refractivity contribution in [1.82, 2.24) is 35.1 Å². The monoisotopic (exact) mass is 512 g/mol. The molecule has 11 heteroatoms. The number of carbonyl (C=O) groups is 1. The number of H-pyrrole nitrogens is 2. The molecule has 0 atom stereocenters. The Labute approximate surface area is 214 Å². The summed E-state index contributed by atoms with van der Waals surface area (Å²) in [5, 5.41) is 10.1. The number of aromatic nitrogens is 7. The first-order valence-electron chi connectivity index (χ1n) is 11.6. The van der Waals surface area contributed by atoms with Crippen LogP contribution in [0, 0.1) is 18.7 Å². The fourth-order valence-corrected chi connectivity index (χ4v) is 4.92. The Morgan fingerprint density at radius 1 is 1.11 bits per heavy atom. The predicted octanol–water partition coefficient (Wildman–Crippen LogP) is 5.73. The third-order valence-corrected chi connectivity index (χ3v) is 6.97. The van der Waals surface area contributed by atoms with Gasteiger partial charge < -0.3 is 10.3 Å². The highest BCUT2D eigenvalue weighted by Gasteiger charge is 2.22. The van der Waals surface area contributed by atoms with Gasteiger partial charge in [0.1, 0.15) is 22.7 Å². The zero-order valence-electron chi connectivity index (χ0n) is 20.1. The molecule has 0 saturated heterocycles. The fraction of sp³-hybridized carbons (Fsp3) is 0.154. The third-order valence-electron chi connectivity index (χ3n) is 5.97. The zero-order valence-corrected chi connectivity index (χ0v) is 20.9. The van der Waals surface area contributed by atoms with Gasteiger partial charge in [0, 0.05) is 40.5 Å². The van der Waals surface area contributed by atoms with E-state index < -0.39 is 5.82 Å². The number of hydrogen-bond donors (Lipinski definition) is 3. The van der Waals surface area contributed by atoms with Crippen LogP contribution >= 0.6 is 11.3 Å². The molecular formula is C26H21FN8OS. The smallest absolute Gasteiger partial charge is 0.226 e. The van der Waals surface area contributed by atoms with Gasteiger partial charge in [0.05, 0.1) is 27.7 Å². The molecule has 1 amide bonds. The molecule has 3 N–H and O–H groups in total. The number of aromatic amines is 2. The van der Waals surface area contributed by atoms with Crippen LogP contribution in [0.25, 0.3) is 55.3 Å². The number of imidazole rings is 1. The minimum Gasteiger partial charge on any atom is -0.336 e. The van der Waals surface area contributed by atoms with E-state index in [1.54, 1.807) is 37.4 Å². The molecule has 6 aromatic rings. The maximum absolute atomic E-state index is 16.0. The number of anilines is 1. The van der Waals surface area contributed by atoms with Gasteiger partial charge in [-0.3, -0.25) is 19.9 Å². The van der Waals surface area contributed by atoms with Crippen LogP contribution in [-0.2, 0) is 4.79 Å². The lowest BCUT2D eigenvalue weighted by atomic mass is 10.1. The number of amides is 1. The van der Waals surface area contributed by atoms with Crippen LogP contribution < -0.4 is 5.32 Å². The van der Waals surface area contributed by atoms with E-state index in [0.717, 1.165) is 16.1 Å². The molecule has 0 unspecified atom stereocenters. The normalized spacial score (nSPS) is 11.6. The number of pyridine rings is 3. The van der Waals surface area contributed by atoms with Crippen molar-refractivity contribution in [3.63, 3.8) is 0 Å². The minimum absolute atomic E-state index is 0.151. The molecule has 37 heavy (non-hydrogen) atoms. The Hall–Kier alpha value is -4.51. The van der Waals surface area contributed by atoms with Gasteiger partial charge in [0.25, 0.3) is 0 Å². The van der Waals surface area contributed by atoms with Crippen LogP contribution in [0.5, 0.6) is 0 Å². The number of carbonyl (C=O) groups excluding carboxylic acids is 1. The topological polar surface area (TPSA) is 125 Å². The Kier molecular flexibility index (Phi) is 5.49. The van der Waals surface area contributed by atoms with E-state index in [2.05, 4.69) is 35.5 Å². The van der Waals surface area contributed by atoms with Crippen LogP contribution in [-0.4, -0.2) is 41.0 Å². The second-order valence-electron chi connectivity index (χ2n) is 8.94. The van der Waals surface area contributed by atoms with Crippen LogP contribution in [0.15, 0.2) is 49.1 Å². The van der Waals surface area contributed by atoms with Crippen LogP contribution in [0.1, 0.15) is 18.7 Å². The van der Waals surface area contributed by atoms with E-state index in [9.17, 15) is 4.79 Å². The van der Waals surface area contributed by atoms with Crippen molar-refractivity contribution in [3.05, 3.63) is 59.7 Å². The lowest BCUT2D eigenvalue weighted by molar-refractivity contribution is -0.118. The molecule has 9 nitrogen and oxygen atoms in total. The molecule has 0 aliphatic rings. The molecule has 0 saturated carbocycles. The van der Waals surface area contributed by atoms with Gasteiger partial charge in [-0.05, 0) is 31.2 Å². The summed E-state index contributed by atoms with van der Waals surface area (Å²) in [5.41, 5.74) is 3.99. The number of nitrogens with zero attached hydrogens (tertiary/aromatic N) is 5. The van der Waals surface area contributed by atoms with Crippen molar-refractivity contribution < 1.29 is 9.18 Å². The highest BCUT2D eigenvalue weighted by molar-refractivity contribution is 7.15. The lowest BCUT2D eigenvalue weighted by Crippen LogP contribution is -2.17. The Balaban J connectivity index is 1.45. The van der Waals surface area contributed by atoms with Crippen LogP contribution in [0.3, 0.4) is 0 Å². The molecule has 0 aromatic carbocycles. The van der Waals surface area contributed by atoms with Crippen molar-refractivity contribution in [3.8, 4) is 33.2 Å². The first-order chi connectivity index (χ1) is 17.9. The van der Waals surface area contributed by atoms with E-state index in [4.69, 9.17) is 4.98 Å². The highest BCUT2D eigenvalue weighted by atomic mass is 32.1. The number of fused-ring (bicyclic) bond motifs is 2. The van der Waals surface area contributed by atoms with Crippen molar-refractivity contribution in [2.75, 3.05) is 5.32 Å². The van der Waals surface area contributed by atoms with Crippen LogP contribution in [0.4, 0.5) is 10.1 Å². The Morgan fingerprint density at radius 2 is 1.97 bits per heavy atom. The SMILES string of the molecule is Cc1ccc(-c2nccc3[nH]c(-c4n[nH]c5ncc(-c6cncc(NC(=O)C(C)C)c6)c(F)c45)nc23)s1. The highest BCUT2D eigenvalue weighted by Crippen LogP contribution is 2.35. The fourth-order valence-electron chi connectivity index (χ4n) is 4.06. The number of thiophene rings is 1. The van der Waals surface area contributed by atoms with Gasteiger partial charge in [0.2, 0.25) is 5.91 Å². The summed E-state index contributed by atoms with van der Waals surface area (Å²) < 4.78 is 16.0. The molecule has 0 spiro atoms. The van der Waals surface area contributed by atoms with Gasteiger partial charge >= 0.3 is 0 Å². The molecule has 0 aliphatic carbocycles. The quantitative estimate of drug-likeness (QED) is 0.271. The summed E-state index contributed by atoms with van der Waals surface area (Å²) >= 11 is 1.63. The maximum Gasteiger partial charge on any atom is 0.226 e. The Bertz CT molecular complexity index is 1800. The second kappa shape index (κ2) is 8.86. The van der Waals surface area contributed by atoms with Gasteiger partial charge in [-0.2, -0.15) is 5.10 Å². The first-order valence-corrected chi connectivity index (χ1v) is 12.4. The van der Waals surface area contributed by atoms with Crippen molar-refractivity contribution >= 4 is 45.0 Å². The van der Waals surface area contributed by atoms with Gasteiger partial charge in [-0.1, -0.05) is 13.8 Å². The van der Waals surface area contributed by atoms with Crippen molar-refractivity contribution in [1.29, 1.82) is 0 Å². The zero-order chi connectivity index (χ0) is 25.7. The largest absolute Gasteiger partial charge is 0.336 e. The molecule has 184 valence electrons. The molecule has 0 fully saturated rings. The average Bonchev–Trinajstić information content (AvgIpc) is 3.62. The molecule has 0 radical (unpaired) electrons. The summed E-state index contributed by atoms with van der Waals surface area (Å²) in [4.78, 5) is 35.4. The summed E-state index contributed by atoms with van der Waals surface area (Å²) in [6.07, 6.45) is 6.19. The van der Waals surface area contributed by atoms with E-state index in [1.165, 1.54) is 23.5 Å². The number of rotatable bonds is 5. The van der Waals surface area contributed by atoms with Crippen molar-refractivity contribution in [2.45, 2.75) is 20.8 Å². The van der Waals surface area contributed by atoms with E-state index in [0.29, 0.717) is 33.9 Å². The number of halogens is 1. The van der Waals surface area contributed by atoms with E-state index in [-0.39, 0.29) is 22.8 Å². The summed E-state index contributed by atoms with van der Waals surface area (Å²) in [7, 11) is 0. The molecule has 0 aliphatic heterocycles. The molecule has 0 bridgehead atoms. The molecule has 6 rings (SSSR count). The average molecular weight is 513 g/mol. The number of hydrogen-bond acceptors (Lipinski definition) is 7. The summed E-state index contributed by atoms with van der Waals surface area (Å²) in [6.45, 7) is 5.63. The van der Waals surface area contributed by atoms with Crippen LogP contribution in [0.2, 0.25) is 0 Å². The van der Waals surface area contributed by atoms with Gasteiger partial charge in [-0.15, -0.1) is 11.3 Å². The number of aryl methyl sites for hydroxylation is 1. The van der Waals surface area contributed by atoms with E-state index >= 15 is 4.39 Å². The standard InChI is InChI=1S/C26H21FN8OS/c1-12(2)26(36)31-15-8-14(9-28-10-15)16-11-30-24-19(20(16)27)23(34-35-24)25-32-17-6-7-29-22(21(17)33-25)18-5-4-13(3)37-18/h4-12H,1-3H3,(H,31,36)(H,32,33)(H,30,34,35). The first kappa shape index (κ1) is 22.9. The third kappa shape index (κ3) is 4.02.